The second-order valence-corrected chi connectivity index (χ2v) is 7.20. The number of carbonyl (C=O) groups is 1. The third-order valence-electron chi connectivity index (χ3n) is 5.23. The van der Waals surface area contributed by atoms with Gasteiger partial charge in [0.15, 0.2) is 5.65 Å². The maximum atomic E-state index is 13.7. The smallest absolute Gasteiger partial charge is 0.280 e. The van der Waals surface area contributed by atoms with Crippen LogP contribution in [0.4, 0.5) is 8.78 Å². The second kappa shape index (κ2) is 8.35. The fraction of sp³-hybridized carbons (Fsp3) is 0.381. The number of nitrogens with zero attached hydrogens (tertiary/aromatic N) is 3. The van der Waals surface area contributed by atoms with Crippen LogP contribution in [0.3, 0.4) is 0 Å². The van der Waals surface area contributed by atoms with Gasteiger partial charge < -0.3 is 14.8 Å². The molecule has 158 valence electrons. The molecule has 1 aliphatic heterocycles. The Morgan fingerprint density at radius 3 is 2.73 bits per heavy atom. The van der Waals surface area contributed by atoms with E-state index in [4.69, 9.17) is 9.47 Å². The fourth-order valence-electron chi connectivity index (χ4n) is 3.59. The van der Waals surface area contributed by atoms with E-state index in [0.717, 1.165) is 17.4 Å². The third-order valence-corrected chi connectivity index (χ3v) is 5.23. The van der Waals surface area contributed by atoms with Crippen molar-refractivity contribution in [2.75, 3.05) is 13.7 Å². The van der Waals surface area contributed by atoms with Crippen molar-refractivity contribution in [3.05, 3.63) is 47.8 Å². The molecule has 0 saturated carbocycles. The van der Waals surface area contributed by atoms with Gasteiger partial charge in [-0.15, -0.1) is 0 Å². The van der Waals surface area contributed by atoms with Crippen LogP contribution in [0, 0.1) is 0 Å². The van der Waals surface area contributed by atoms with Crippen molar-refractivity contribution < 1.29 is 23.0 Å². The van der Waals surface area contributed by atoms with E-state index in [9.17, 15) is 13.6 Å². The van der Waals surface area contributed by atoms with Crippen LogP contribution in [0.25, 0.3) is 16.9 Å². The zero-order valence-electron chi connectivity index (χ0n) is 16.6. The molecule has 1 aromatic carbocycles. The lowest BCUT2D eigenvalue weighted by Gasteiger charge is -2.19. The maximum absolute atomic E-state index is 13.7. The summed E-state index contributed by atoms with van der Waals surface area (Å²) >= 11 is 0. The van der Waals surface area contributed by atoms with Crippen LogP contribution in [-0.4, -0.2) is 46.4 Å². The van der Waals surface area contributed by atoms with Crippen molar-refractivity contribution >= 4 is 11.6 Å². The zero-order valence-corrected chi connectivity index (χ0v) is 16.6. The molecule has 30 heavy (non-hydrogen) atoms. The summed E-state index contributed by atoms with van der Waals surface area (Å²) in [7, 11) is 1.54. The lowest BCUT2D eigenvalue weighted by atomic mass is 10.1. The molecule has 1 saturated heterocycles. The molecule has 2 aromatic heterocycles. The fourth-order valence-corrected chi connectivity index (χ4v) is 3.59. The Labute approximate surface area is 172 Å². The highest BCUT2D eigenvalue weighted by atomic mass is 19.3. The summed E-state index contributed by atoms with van der Waals surface area (Å²) in [6, 6.07) is 7.95. The maximum Gasteiger partial charge on any atom is 0.280 e. The van der Waals surface area contributed by atoms with E-state index in [1.807, 2.05) is 6.92 Å². The SMILES string of the molecule is COc1ccc(-c2cc(C(F)F)n3ncc(C(=O)NC(C)C4CCCO4)c3n2)cc1. The quantitative estimate of drug-likeness (QED) is 0.664. The summed E-state index contributed by atoms with van der Waals surface area (Å²) < 4.78 is 39.2. The molecular weight excluding hydrogens is 394 g/mol. The normalized spacial score (nSPS) is 17.4. The van der Waals surface area contributed by atoms with Crippen molar-refractivity contribution in [3.63, 3.8) is 0 Å². The topological polar surface area (TPSA) is 77.8 Å². The summed E-state index contributed by atoms with van der Waals surface area (Å²) in [5.74, 6) is 0.217. The van der Waals surface area contributed by atoms with Gasteiger partial charge in [0.05, 0.1) is 31.1 Å². The summed E-state index contributed by atoms with van der Waals surface area (Å²) in [5.41, 5.74) is 0.826. The molecule has 2 unspecified atom stereocenters. The molecule has 3 heterocycles. The van der Waals surface area contributed by atoms with Crippen LogP contribution in [0.15, 0.2) is 36.5 Å². The number of rotatable bonds is 6. The van der Waals surface area contributed by atoms with Gasteiger partial charge in [-0.25, -0.2) is 18.3 Å². The monoisotopic (exact) mass is 416 g/mol. The van der Waals surface area contributed by atoms with Crippen LogP contribution in [-0.2, 0) is 4.74 Å². The Morgan fingerprint density at radius 2 is 2.10 bits per heavy atom. The van der Waals surface area contributed by atoms with E-state index < -0.39 is 12.3 Å². The first-order valence-corrected chi connectivity index (χ1v) is 9.71. The molecule has 1 fully saturated rings. The first kappa shape index (κ1) is 20.2. The number of amides is 1. The molecule has 0 spiro atoms. The summed E-state index contributed by atoms with van der Waals surface area (Å²) in [6.07, 6.45) is 0.241. The highest BCUT2D eigenvalue weighted by Gasteiger charge is 2.26. The van der Waals surface area contributed by atoms with Gasteiger partial charge in [0.1, 0.15) is 17.0 Å². The molecular formula is C21H22F2N4O3. The average molecular weight is 416 g/mol. The molecule has 4 rings (SSSR count). The predicted octanol–water partition coefficient (Wildman–Crippen LogP) is 3.64. The van der Waals surface area contributed by atoms with E-state index >= 15 is 0 Å². The molecule has 2 atom stereocenters. The highest BCUT2D eigenvalue weighted by Crippen LogP contribution is 2.28. The molecule has 0 bridgehead atoms. The number of halogens is 2. The summed E-state index contributed by atoms with van der Waals surface area (Å²) in [4.78, 5) is 17.3. The lowest BCUT2D eigenvalue weighted by Crippen LogP contribution is -2.40. The molecule has 0 radical (unpaired) electrons. The van der Waals surface area contributed by atoms with Crippen molar-refractivity contribution in [2.24, 2.45) is 0 Å². The van der Waals surface area contributed by atoms with Crippen molar-refractivity contribution in [3.8, 4) is 17.0 Å². The Balaban J connectivity index is 1.72. The number of carbonyl (C=O) groups excluding carboxylic acids is 1. The number of hydrogen-bond donors (Lipinski definition) is 1. The predicted molar refractivity (Wildman–Crippen MR) is 106 cm³/mol. The number of ether oxygens (including phenoxy) is 2. The molecule has 1 N–H and O–H groups in total. The van der Waals surface area contributed by atoms with Gasteiger partial charge in [0.25, 0.3) is 12.3 Å². The van der Waals surface area contributed by atoms with Gasteiger partial charge in [-0.1, -0.05) is 0 Å². The van der Waals surface area contributed by atoms with Crippen LogP contribution in [0.5, 0.6) is 5.75 Å². The standard InChI is InChI=1S/C21H22F2N4O3/c1-12(18-4-3-9-30-18)25-21(28)15-11-24-27-17(19(22)23)10-16(26-20(15)27)13-5-7-14(29-2)8-6-13/h5-8,10-12,18-19H,3-4,9H2,1-2H3,(H,25,28). The molecule has 1 amide bonds. The Hall–Kier alpha value is -3.07. The minimum absolute atomic E-state index is 0.0600. The average Bonchev–Trinajstić information content (AvgIpc) is 3.43. The Morgan fingerprint density at radius 1 is 1.33 bits per heavy atom. The van der Waals surface area contributed by atoms with Crippen molar-refractivity contribution in [2.45, 2.75) is 38.3 Å². The highest BCUT2D eigenvalue weighted by molar-refractivity contribution is 6.00. The van der Waals surface area contributed by atoms with Crippen LogP contribution >= 0.6 is 0 Å². The van der Waals surface area contributed by atoms with Gasteiger partial charge in [-0.05, 0) is 50.1 Å². The van der Waals surface area contributed by atoms with Crippen LogP contribution in [0.1, 0.15) is 42.2 Å². The largest absolute Gasteiger partial charge is 0.497 e. The summed E-state index contributed by atoms with van der Waals surface area (Å²) in [6.45, 7) is 2.53. The third kappa shape index (κ3) is 3.85. The van der Waals surface area contributed by atoms with Crippen LogP contribution < -0.4 is 10.1 Å². The number of alkyl halides is 2. The number of benzene rings is 1. The van der Waals surface area contributed by atoms with E-state index in [0.29, 0.717) is 23.6 Å². The van der Waals surface area contributed by atoms with E-state index in [1.54, 1.807) is 31.4 Å². The van der Waals surface area contributed by atoms with Crippen LogP contribution in [0.2, 0.25) is 0 Å². The number of fused-ring (bicyclic) bond motifs is 1. The molecule has 1 aliphatic rings. The lowest BCUT2D eigenvalue weighted by molar-refractivity contribution is 0.0713. The summed E-state index contributed by atoms with van der Waals surface area (Å²) in [5, 5.41) is 6.87. The van der Waals surface area contributed by atoms with Gasteiger partial charge >= 0.3 is 0 Å². The first-order chi connectivity index (χ1) is 14.5. The number of hydrogen-bond acceptors (Lipinski definition) is 5. The second-order valence-electron chi connectivity index (χ2n) is 7.20. The number of methoxy groups -OCH3 is 1. The van der Waals surface area contributed by atoms with Gasteiger partial charge in [0, 0.05) is 12.2 Å². The molecule has 7 nitrogen and oxygen atoms in total. The minimum Gasteiger partial charge on any atom is -0.497 e. The van der Waals surface area contributed by atoms with Gasteiger partial charge in [-0.3, -0.25) is 4.79 Å². The van der Waals surface area contributed by atoms with E-state index in [1.165, 1.54) is 12.3 Å². The number of aromatic nitrogens is 3. The van der Waals surface area contributed by atoms with Gasteiger partial charge in [0.2, 0.25) is 0 Å². The van der Waals surface area contributed by atoms with Crippen molar-refractivity contribution in [1.82, 2.24) is 19.9 Å². The van der Waals surface area contributed by atoms with E-state index in [2.05, 4.69) is 15.4 Å². The van der Waals surface area contributed by atoms with Crippen molar-refractivity contribution in [1.29, 1.82) is 0 Å². The molecule has 3 aromatic rings. The Bertz CT molecular complexity index is 1050. The molecule has 0 aliphatic carbocycles. The minimum atomic E-state index is -2.78. The van der Waals surface area contributed by atoms with Gasteiger partial charge in [-0.2, -0.15) is 5.10 Å². The Kier molecular flexibility index (Phi) is 5.63. The molecule has 9 heteroatoms. The first-order valence-electron chi connectivity index (χ1n) is 9.71. The zero-order chi connectivity index (χ0) is 21.3. The number of nitrogens with one attached hydrogen (secondary N) is 1. The van der Waals surface area contributed by atoms with E-state index in [-0.39, 0.29) is 29.1 Å².